The van der Waals surface area contributed by atoms with Crippen molar-refractivity contribution in [2.24, 2.45) is 5.92 Å². The molecule has 0 amide bonds. The number of hydrogen-bond acceptors (Lipinski definition) is 7. The minimum Gasteiger partial charge on any atom is -0.419 e. The summed E-state index contributed by atoms with van der Waals surface area (Å²) in [4.78, 5) is 2.18. The van der Waals surface area contributed by atoms with E-state index in [1.165, 1.54) is 0 Å². The average Bonchev–Trinajstić information content (AvgIpc) is 3.27. The molecule has 1 unspecified atom stereocenters. The predicted octanol–water partition coefficient (Wildman–Crippen LogP) is 1.43. The highest BCUT2D eigenvalue weighted by molar-refractivity contribution is 5.54. The van der Waals surface area contributed by atoms with E-state index in [-0.39, 0.29) is 12.5 Å². The third kappa shape index (κ3) is 3.35. The summed E-state index contributed by atoms with van der Waals surface area (Å²) in [5, 5.41) is 31.1. The Morgan fingerprint density at radius 1 is 1.19 bits per heavy atom. The summed E-state index contributed by atoms with van der Waals surface area (Å²) in [6, 6.07) is 11.1. The zero-order valence-corrected chi connectivity index (χ0v) is 14.1. The van der Waals surface area contributed by atoms with Crippen LogP contribution < -0.4 is 0 Å². The molecule has 0 spiro atoms. The largest absolute Gasteiger partial charge is 0.419 e. The molecule has 1 atom stereocenters. The van der Waals surface area contributed by atoms with Crippen LogP contribution in [-0.4, -0.2) is 43.1 Å². The minimum absolute atomic E-state index is 0.107. The summed E-state index contributed by atoms with van der Waals surface area (Å²) in [6.45, 7) is 2.76. The highest BCUT2D eigenvalue weighted by Crippen LogP contribution is 2.21. The van der Waals surface area contributed by atoms with Crippen molar-refractivity contribution in [2.45, 2.75) is 19.6 Å². The number of aromatic nitrogens is 4. The smallest absolute Gasteiger partial charge is 0.247 e. The molecule has 1 N–H and O–H groups in total. The number of benzene rings is 1. The van der Waals surface area contributed by atoms with Crippen molar-refractivity contribution in [3.63, 3.8) is 0 Å². The Labute approximate surface area is 150 Å². The molecule has 0 aliphatic carbocycles. The van der Waals surface area contributed by atoms with Gasteiger partial charge in [0.05, 0.1) is 23.9 Å². The lowest BCUT2D eigenvalue weighted by molar-refractivity contribution is 0.147. The summed E-state index contributed by atoms with van der Waals surface area (Å²) < 4.78 is 7.73. The topological polar surface area (TPSA) is 104 Å². The van der Waals surface area contributed by atoms with Gasteiger partial charge in [0.1, 0.15) is 0 Å². The maximum atomic E-state index is 9.62. The maximum absolute atomic E-state index is 9.62. The van der Waals surface area contributed by atoms with Gasteiger partial charge in [0.2, 0.25) is 11.8 Å². The highest BCUT2D eigenvalue weighted by atomic mass is 16.4. The normalized spacial score (nSPS) is 17.5. The van der Waals surface area contributed by atoms with Crippen molar-refractivity contribution < 1.29 is 9.52 Å². The van der Waals surface area contributed by atoms with E-state index in [9.17, 15) is 5.11 Å². The van der Waals surface area contributed by atoms with E-state index < -0.39 is 0 Å². The van der Waals surface area contributed by atoms with Gasteiger partial charge in [0.25, 0.3) is 0 Å². The Bertz CT molecular complexity index is 924. The lowest BCUT2D eigenvalue weighted by Gasteiger charge is -2.20. The van der Waals surface area contributed by atoms with Gasteiger partial charge in [-0.05, 0) is 30.3 Å². The first-order valence-corrected chi connectivity index (χ1v) is 8.42. The number of fused-ring (bicyclic) bond motifs is 1. The lowest BCUT2D eigenvalue weighted by Crippen LogP contribution is -2.29. The van der Waals surface area contributed by atoms with Gasteiger partial charge in [0.15, 0.2) is 0 Å². The van der Waals surface area contributed by atoms with Crippen molar-refractivity contribution in [1.29, 1.82) is 5.26 Å². The Hall–Kier alpha value is -3.02. The van der Waals surface area contributed by atoms with Crippen LogP contribution in [0, 0.1) is 17.2 Å². The highest BCUT2D eigenvalue weighted by Gasteiger charge is 2.23. The van der Waals surface area contributed by atoms with Crippen LogP contribution in [0.4, 0.5) is 0 Å². The molecule has 0 bridgehead atoms. The van der Waals surface area contributed by atoms with Crippen LogP contribution in [0.25, 0.3) is 11.5 Å². The molecule has 1 aromatic carbocycles. The van der Waals surface area contributed by atoms with Crippen molar-refractivity contribution in [3.05, 3.63) is 53.7 Å². The standard InChI is InChI=1S/C18H18N6O2/c19-7-13-1-3-15(4-2-13)18-22-21-17(26-18)11-23-8-14(12-25)9-24-16(10-23)5-6-20-24/h1-6,14,25H,8-12H2. The minimum atomic E-state index is 0.107. The second-order valence-corrected chi connectivity index (χ2v) is 6.41. The first kappa shape index (κ1) is 16.4. The average molecular weight is 350 g/mol. The van der Waals surface area contributed by atoms with Gasteiger partial charge in [-0.1, -0.05) is 0 Å². The summed E-state index contributed by atoms with van der Waals surface area (Å²) in [7, 11) is 0. The quantitative estimate of drug-likeness (QED) is 0.759. The van der Waals surface area contributed by atoms with Crippen LogP contribution in [-0.2, 0) is 19.6 Å². The predicted molar refractivity (Wildman–Crippen MR) is 91.4 cm³/mol. The number of aliphatic hydroxyl groups is 1. The van der Waals surface area contributed by atoms with Crippen LogP contribution in [0.5, 0.6) is 0 Å². The number of nitrogens with zero attached hydrogens (tertiary/aromatic N) is 6. The molecule has 0 fully saturated rings. The van der Waals surface area contributed by atoms with E-state index in [4.69, 9.17) is 9.68 Å². The number of hydrogen-bond donors (Lipinski definition) is 1. The summed E-state index contributed by atoms with van der Waals surface area (Å²) in [6.07, 6.45) is 1.78. The second kappa shape index (κ2) is 7.07. The molecule has 2 aromatic heterocycles. The maximum Gasteiger partial charge on any atom is 0.247 e. The number of aliphatic hydroxyl groups excluding tert-OH is 1. The van der Waals surface area contributed by atoms with Crippen molar-refractivity contribution in [1.82, 2.24) is 24.9 Å². The molecule has 132 valence electrons. The zero-order chi connectivity index (χ0) is 17.9. The van der Waals surface area contributed by atoms with Gasteiger partial charge in [-0.15, -0.1) is 10.2 Å². The van der Waals surface area contributed by atoms with Gasteiger partial charge >= 0.3 is 0 Å². The number of nitriles is 1. The Morgan fingerprint density at radius 3 is 2.81 bits per heavy atom. The zero-order valence-electron chi connectivity index (χ0n) is 14.1. The van der Waals surface area contributed by atoms with E-state index in [1.54, 1.807) is 30.5 Å². The first-order chi connectivity index (χ1) is 12.7. The molecule has 8 nitrogen and oxygen atoms in total. The fourth-order valence-electron chi connectivity index (χ4n) is 3.17. The molecule has 1 aliphatic rings. The van der Waals surface area contributed by atoms with Crippen LogP contribution in [0.3, 0.4) is 0 Å². The van der Waals surface area contributed by atoms with E-state index >= 15 is 0 Å². The van der Waals surface area contributed by atoms with Crippen molar-refractivity contribution in [2.75, 3.05) is 13.2 Å². The van der Waals surface area contributed by atoms with E-state index in [2.05, 4.69) is 26.3 Å². The molecule has 0 saturated carbocycles. The van der Waals surface area contributed by atoms with E-state index in [1.807, 2.05) is 10.7 Å². The van der Waals surface area contributed by atoms with Gasteiger partial charge in [-0.3, -0.25) is 9.58 Å². The second-order valence-electron chi connectivity index (χ2n) is 6.41. The molecule has 4 rings (SSSR count). The van der Waals surface area contributed by atoms with E-state index in [0.717, 1.165) is 17.8 Å². The monoisotopic (exact) mass is 350 g/mol. The molecule has 0 saturated heterocycles. The molecular weight excluding hydrogens is 332 g/mol. The van der Waals surface area contributed by atoms with Crippen molar-refractivity contribution >= 4 is 0 Å². The molecular formula is C18H18N6O2. The van der Waals surface area contributed by atoms with Crippen LogP contribution in [0.2, 0.25) is 0 Å². The summed E-state index contributed by atoms with van der Waals surface area (Å²) in [5.74, 6) is 1.06. The molecule has 0 radical (unpaired) electrons. The third-order valence-electron chi connectivity index (χ3n) is 4.48. The third-order valence-corrected chi connectivity index (χ3v) is 4.48. The fraction of sp³-hybridized carbons (Fsp3) is 0.333. The lowest BCUT2D eigenvalue weighted by atomic mass is 10.1. The van der Waals surface area contributed by atoms with Gasteiger partial charge in [-0.25, -0.2) is 0 Å². The Kier molecular flexibility index (Phi) is 4.48. The van der Waals surface area contributed by atoms with Gasteiger partial charge in [-0.2, -0.15) is 10.4 Å². The van der Waals surface area contributed by atoms with Crippen LogP contribution >= 0.6 is 0 Å². The van der Waals surface area contributed by atoms with Gasteiger partial charge < -0.3 is 9.52 Å². The summed E-state index contributed by atoms with van der Waals surface area (Å²) in [5.41, 5.74) is 2.47. The van der Waals surface area contributed by atoms with Crippen molar-refractivity contribution in [3.8, 4) is 17.5 Å². The first-order valence-electron chi connectivity index (χ1n) is 8.42. The molecule has 3 heterocycles. The Balaban J connectivity index is 1.50. The molecule has 1 aliphatic heterocycles. The summed E-state index contributed by atoms with van der Waals surface area (Å²) >= 11 is 0. The number of rotatable bonds is 4. The molecule has 3 aromatic rings. The Morgan fingerprint density at radius 2 is 2.04 bits per heavy atom. The van der Waals surface area contributed by atoms with E-state index in [0.29, 0.717) is 37.0 Å². The van der Waals surface area contributed by atoms with Crippen LogP contribution in [0.15, 0.2) is 40.9 Å². The molecule has 8 heteroatoms. The SMILES string of the molecule is N#Cc1ccc(-c2nnc(CN3Cc4ccnn4CC(CO)C3)o2)cc1. The van der Waals surface area contributed by atoms with Gasteiger partial charge in [0, 0.05) is 43.9 Å². The van der Waals surface area contributed by atoms with Crippen LogP contribution in [0.1, 0.15) is 17.1 Å². The molecule has 26 heavy (non-hydrogen) atoms. The fourth-order valence-corrected chi connectivity index (χ4v) is 3.17.